The van der Waals surface area contributed by atoms with Gasteiger partial charge in [0, 0.05) is 11.3 Å². The summed E-state index contributed by atoms with van der Waals surface area (Å²) < 4.78 is 11.1. The molecule has 2 amide bonds. The molecular weight excluding hydrogens is 368 g/mol. The van der Waals surface area contributed by atoms with E-state index in [0.29, 0.717) is 17.0 Å². The Hall–Kier alpha value is -3.80. The summed E-state index contributed by atoms with van der Waals surface area (Å²) in [5, 5.41) is 2.81. The van der Waals surface area contributed by atoms with Crippen molar-refractivity contribution in [1.82, 2.24) is 4.90 Å². The van der Waals surface area contributed by atoms with E-state index in [2.05, 4.69) is 5.32 Å². The van der Waals surface area contributed by atoms with Gasteiger partial charge in [0.15, 0.2) is 0 Å². The molecule has 1 aliphatic heterocycles. The summed E-state index contributed by atoms with van der Waals surface area (Å²) in [5.41, 5.74) is 2.01. The fourth-order valence-electron chi connectivity index (χ4n) is 3.13. The van der Waals surface area contributed by atoms with Gasteiger partial charge < -0.3 is 19.4 Å². The summed E-state index contributed by atoms with van der Waals surface area (Å²) in [4.78, 5) is 27.2. The molecule has 0 bridgehead atoms. The van der Waals surface area contributed by atoms with Crippen molar-refractivity contribution in [2.75, 3.05) is 18.5 Å². The van der Waals surface area contributed by atoms with Gasteiger partial charge in [-0.25, -0.2) is 0 Å². The van der Waals surface area contributed by atoms with Gasteiger partial charge in [0.05, 0.1) is 18.4 Å². The Bertz CT molecular complexity index is 1030. The van der Waals surface area contributed by atoms with E-state index in [0.717, 1.165) is 11.3 Å². The van der Waals surface area contributed by atoms with Crippen LogP contribution in [0.25, 0.3) is 6.08 Å². The first-order valence-electron chi connectivity index (χ1n) is 9.28. The van der Waals surface area contributed by atoms with Crippen molar-refractivity contribution < 1.29 is 18.7 Å². The van der Waals surface area contributed by atoms with Crippen LogP contribution in [0.4, 0.5) is 5.69 Å². The maximum Gasteiger partial charge on any atom is 0.254 e. The molecule has 0 atom stereocenters. The fourth-order valence-corrected chi connectivity index (χ4v) is 3.13. The van der Waals surface area contributed by atoms with E-state index in [4.69, 9.17) is 9.15 Å². The third-order valence-corrected chi connectivity index (χ3v) is 4.51. The molecule has 1 N–H and O–H groups in total. The van der Waals surface area contributed by atoms with Gasteiger partial charge in [0.1, 0.15) is 24.7 Å². The first-order valence-corrected chi connectivity index (χ1v) is 9.28. The number of hydrogen-bond donors (Lipinski definition) is 1. The van der Waals surface area contributed by atoms with E-state index in [1.807, 2.05) is 48.5 Å². The number of carbonyl (C=O) groups is 2. The maximum atomic E-state index is 13.2. The molecule has 0 saturated carbocycles. The molecule has 146 valence electrons. The largest absolute Gasteiger partial charge is 0.488 e. The lowest BCUT2D eigenvalue weighted by Crippen LogP contribution is -2.39. The summed E-state index contributed by atoms with van der Waals surface area (Å²) >= 11 is 0. The molecule has 4 rings (SSSR count). The highest BCUT2D eigenvalue weighted by Gasteiger charge is 2.25. The summed E-state index contributed by atoms with van der Waals surface area (Å²) in [6.45, 7) is 0.241. The summed E-state index contributed by atoms with van der Waals surface area (Å²) in [6, 6.07) is 20.2. The number of hydrogen-bond acceptors (Lipinski definition) is 4. The number of fused-ring (bicyclic) bond motifs is 1. The molecule has 1 aliphatic rings. The van der Waals surface area contributed by atoms with Crippen LogP contribution in [0.1, 0.15) is 11.3 Å². The summed E-state index contributed by atoms with van der Waals surface area (Å²) in [6.07, 6.45) is 3.35. The van der Waals surface area contributed by atoms with Crippen molar-refractivity contribution in [3.8, 4) is 5.75 Å². The highest BCUT2D eigenvalue weighted by Crippen LogP contribution is 2.26. The quantitative estimate of drug-likeness (QED) is 0.699. The second-order valence-electron chi connectivity index (χ2n) is 6.65. The Morgan fingerprint density at radius 3 is 2.55 bits per heavy atom. The third kappa shape index (κ3) is 4.55. The Kier molecular flexibility index (Phi) is 5.42. The lowest BCUT2D eigenvalue weighted by Gasteiger charge is -2.25. The topological polar surface area (TPSA) is 71.8 Å². The minimum Gasteiger partial charge on any atom is -0.488 e. The molecular formula is C23H20N2O4. The number of amides is 2. The third-order valence-electron chi connectivity index (χ3n) is 4.51. The van der Waals surface area contributed by atoms with Crippen LogP contribution in [0.3, 0.4) is 0 Å². The zero-order valence-electron chi connectivity index (χ0n) is 15.7. The van der Waals surface area contributed by atoms with Gasteiger partial charge in [0.2, 0.25) is 5.91 Å². The molecule has 0 radical (unpaired) electrons. The van der Waals surface area contributed by atoms with Crippen molar-refractivity contribution in [3.63, 3.8) is 0 Å². The second kappa shape index (κ2) is 8.48. The van der Waals surface area contributed by atoms with Crippen LogP contribution in [0.5, 0.6) is 5.75 Å². The molecule has 0 fully saturated rings. The van der Waals surface area contributed by atoms with Gasteiger partial charge in [-0.05, 0) is 36.4 Å². The highest BCUT2D eigenvalue weighted by molar-refractivity contribution is 6.02. The lowest BCUT2D eigenvalue weighted by atomic mass is 10.1. The highest BCUT2D eigenvalue weighted by atomic mass is 16.5. The smallest absolute Gasteiger partial charge is 0.254 e. The fraction of sp³-hybridized carbons (Fsp3) is 0.130. The van der Waals surface area contributed by atoms with Crippen LogP contribution in [-0.4, -0.2) is 29.9 Å². The number of nitrogens with zero attached hydrogens (tertiary/aromatic N) is 1. The average molecular weight is 388 g/mol. The van der Waals surface area contributed by atoms with Crippen molar-refractivity contribution >= 4 is 23.6 Å². The molecule has 6 nitrogen and oxygen atoms in total. The molecule has 29 heavy (non-hydrogen) atoms. The first kappa shape index (κ1) is 18.6. The normalized spacial score (nSPS) is 12.3. The van der Waals surface area contributed by atoms with Crippen LogP contribution in [-0.2, 0) is 16.1 Å². The number of nitrogens with one attached hydrogen (secondary N) is 1. The van der Waals surface area contributed by atoms with E-state index in [-0.39, 0.29) is 31.5 Å². The van der Waals surface area contributed by atoms with E-state index >= 15 is 0 Å². The van der Waals surface area contributed by atoms with Gasteiger partial charge in [-0.1, -0.05) is 36.4 Å². The average Bonchev–Trinajstić information content (AvgIpc) is 3.26. The predicted octanol–water partition coefficient (Wildman–Crippen LogP) is 3.72. The maximum absolute atomic E-state index is 13.2. The minimum absolute atomic E-state index is 0.104. The summed E-state index contributed by atoms with van der Waals surface area (Å²) in [7, 11) is 0. The number of anilines is 1. The molecule has 0 spiro atoms. The number of para-hydroxylation sites is 2. The van der Waals surface area contributed by atoms with Gasteiger partial charge >= 0.3 is 0 Å². The van der Waals surface area contributed by atoms with Crippen LogP contribution in [0.2, 0.25) is 0 Å². The molecule has 0 saturated heterocycles. The van der Waals surface area contributed by atoms with E-state index < -0.39 is 0 Å². The predicted molar refractivity (Wildman–Crippen MR) is 109 cm³/mol. The number of carbonyl (C=O) groups excluding carboxylic acids is 2. The number of ether oxygens (including phenoxy) is 1. The van der Waals surface area contributed by atoms with Crippen LogP contribution in [0, 0.1) is 0 Å². The van der Waals surface area contributed by atoms with Crippen LogP contribution in [0.15, 0.2) is 83.0 Å². The lowest BCUT2D eigenvalue weighted by molar-refractivity contribution is -0.132. The summed E-state index contributed by atoms with van der Waals surface area (Å²) in [5.74, 6) is 0.792. The van der Waals surface area contributed by atoms with Crippen LogP contribution >= 0.6 is 0 Å². The Balaban J connectivity index is 1.53. The Morgan fingerprint density at radius 1 is 0.966 bits per heavy atom. The van der Waals surface area contributed by atoms with E-state index in [1.54, 1.807) is 30.5 Å². The van der Waals surface area contributed by atoms with Gasteiger partial charge in [-0.3, -0.25) is 9.59 Å². The molecule has 1 aromatic heterocycles. The zero-order chi connectivity index (χ0) is 20.1. The van der Waals surface area contributed by atoms with Gasteiger partial charge in [0.25, 0.3) is 5.91 Å². The first-order chi connectivity index (χ1) is 14.2. The number of rotatable bonds is 6. The molecule has 2 heterocycles. The Labute approximate surface area is 168 Å². The SMILES string of the molecule is O=C(CN(Cc1ccco1)C(=O)C1=Cc2ccccc2OC1)Nc1ccccc1. The van der Waals surface area contributed by atoms with Crippen LogP contribution < -0.4 is 10.1 Å². The molecule has 3 aromatic rings. The number of furan rings is 1. The second-order valence-corrected chi connectivity index (χ2v) is 6.65. The van der Waals surface area contributed by atoms with Crippen molar-refractivity contribution in [2.45, 2.75) is 6.54 Å². The van der Waals surface area contributed by atoms with Gasteiger partial charge in [-0.15, -0.1) is 0 Å². The van der Waals surface area contributed by atoms with Crippen molar-refractivity contribution in [3.05, 3.63) is 89.9 Å². The molecule has 0 unspecified atom stereocenters. The van der Waals surface area contributed by atoms with E-state index in [9.17, 15) is 9.59 Å². The van der Waals surface area contributed by atoms with Crippen molar-refractivity contribution in [1.29, 1.82) is 0 Å². The van der Waals surface area contributed by atoms with Gasteiger partial charge in [-0.2, -0.15) is 0 Å². The molecule has 6 heteroatoms. The molecule has 0 aliphatic carbocycles. The van der Waals surface area contributed by atoms with Crippen molar-refractivity contribution in [2.24, 2.45) is 0 Å². The monoisotopic (exact) mass is 388 g/mol. The number of benzene rings is 2. The van der Waals surface area contributed by atoms with E-state index in [1.165, 1.54) is 4.90 Å². The minimum atomic E-state index is -0.283. The Morgan fingerprint density at radius 2 is 1.76 bits per heavy atom. The molecule has 2 aromatic carbocycles. The standard InChI is InChI=1S/C23H20N2O4/c26-22(24-19-8-2-1-3-9-19)15-25(14-20-10-6-12-28-20)23(27)18-13-17-7-4-5-11-21(17)29-16-18/h1-13H,14-16H2,(H,24,26). The zero-order valence-corrected chi connectivity index (χ0v) is 15.7.